The molecule has 0 unspecified atom stereocenters. The highest BCUT2D eigenvalue weighted by molar-refractivity contribution is 7.91. The summed E-state index contributed by atoms with van der Waals surface area (Å²) < 4.78 is 37.6. The van der Waals surface area contributed by atoms with Gasteiger partial charge in [0.25, 0.3) is 0 Å². The first-order chi connectivity index (χ1) is 13.5. The topological polar surface area (TPSA) is 68.7 Å². The number of fused-ring (bicyclic) bond motifs is 1. The van der Waals surface area contributed by atoms with E-state index in [1.54, 1.807) is 31.4 Å². The smallest absolute Gasteiger partial charge is 0.210 e. The van der Waals surface area contributed by atoms with Crippen molar-refractivity contribution in [2.75, 3.05) is 38.3 Å². The Morgan fingerprint density at radius 2 is 1.79 bits per heavy atom. The van der Waals surface area contributed by atoms with Crippen molar-refractivity contribution in [2.45, 2.75) is 16.7 Å². The van der Waals surface area contributed by atoms with E-state index in [1.807, 2.05) is 25.1 Å². The first-order valence-corrected chi connectivity index (χ1v) is 10.6. The van der Waals surface area contributed by atoms with Crippen molar-refractivity contribution in [1.82, 2.24) is 4.98 Å². The van der Waals surface area contributed by atoms with Gasteiger partial charge in [-0.25, -0.2) is 8.42 Å². The molecule has 0 spiro atoms. The van der Waals surface area contributed by atoms with Gasteiger partial charge < -0.3 is 14.4 Å². The van der Waals surface area contributed by atoms with Gasteiger partial charge in [0.1, 0.15) is 10.6 Å². The summed E-state index contributed by atoms with van der Waals surface area (Å²) in [6.45, 7) is 4.40. The Balaban J connectivity index is 1.94. The van der Waals surface area contributed by atoms with E-state index in [0.29, 0.717) is 37.7 Å². The molecule has 0 radical (unpaired) electrons. The van der Waals surface area contributed by atoms with Crippen molar-refractivity contribution >= 4 is 26.4 Å². The number of aryl methyl sites for hydroxylation is 1. The Hall–Kier alpha value is -2.64. The average Bonchev–Trinajstić information content (AvgIpc) is 2.73. The van der Waals surface area contributed by atoms with Gasteiger partial charge in [-0.05, 0) is 43.3 Å². The van der Waals surface area contributed by atoms with E-state index in [0.717, 1.165) is 16.5 Å². The van der Waals surface area contributed by atoms with Crippen molar-refractivity contribution in [3.05, 3.63) is 54.2 Å². The molecule has 2 aromatic carbocycles. The Labute approximate surface area is 164 Å². The van der Waals surface area contributed by atoms with Gasteiger partial charge in [-0.1, -0.05) is 11.6 Å². The molecule has 0 atom stereocenters. The zero-order valence-corrected chi connectivity index (χ0v) is 16.7. The van der Waals surface area contributed by atoms with Crippen LogP contribution in [0.25, 0.3) is 10.9 Å². The molecule has 0 N–H and O–H groups in total. The van der Waals surface area contributed by atoms with Crippen LogP contribution in [0.3, 0.4) is 0 Å². The van der Waals surface area contributed by atoms with Crippen LogP contribution in [-0.2, 0) is 14.6 Å². The van der Waals surface area contributed by atoms with E-state index >= 15 is 0 Å². The molecule has 146 valence electrons. The van der Waals surface area contributed by atoms with E-state index in [2.05, 4.69) is 9.88 Å². The fourth-order valence-electron chi connectivity index (χ4n) is 3.47. The Morgan fingerprint density at radius 1 is 1.07 bits per heavy atom. The van der Waals surface area contributed by atoms with E-state index in [-0.39, 0.29) is 9.79 Å². The molecule has 7 heteroatoms. The van der Waals surface area contributed by atoms with Gasteiger partial charge in [-0.15, -0.1) is 0 Å². The van der Waals surface area contributed by atoms with E-state index in [9.17, 15) is 8.42 Å². The lowest BCUT2D eigenvalue weighted by Gasteiger charge is -2.31. The first-order valence-electron chi connectivity index (χ1n) is 9.12. The number of anilines is 1. The summed E-state index contributed by atoms with van der Waals surface area (Å²) in [7, 11) is -2.20. The predicted octanol–water partition coefficient (Wildman–Crippen LogP) is 3.22. The number of ether oxygens (including phenoxy) is 2. The van der Waals surface area contributed by atoms with Crippen LogP contribution >= 0.6 is 0 Å². The minimum absolute atomic E-state index is 0.219. The monoisotopic (exact) mass is 398 g/mol. The fraction of sp³-hybridized carbons (Fsp3) is 0.286. The lowest BCUT2D eigenvalue weighted by atomic mass is 10.1. The highest BCUT2D eigenvalue weighted by Crippen LogP contribution is 2.36. The third-order valence-electron chi connectivity index (χ3n) is 4.95. The molecule has 1 saturated heterocycles. The Kier molecular flexibility index (Phi) is 4.95. The molecule has 0 amide bonds. The molecule has 0 bridgehead atoms. The summed E-state index contributed by atoms with van der Waals surface area (Å²) in [6.07, 6.45) is 1.47. The number of aromatic nitrogens is 1. The summed E-state index contributed by atoms with van der Waals surface area (Å²) in [6, 6.07) is 12.4. The van der Waals surface area contributed by atoms with Gasteiger partial charge in [-0.3, -0.25) is 4.98 Å². The van der Waals surface area contributed by atoms with Gasteiger partial charge in [0.15, 0.2) is 0 Å². The van der Waals surface area contributed by atoms with E-state index < -0.39 is 9.84 Å². The van der Waals surface area contributed by atoms with Gasteiger partial charge in [-0.2, -0.15) is 0 Å². The summed E-state index contributed by atoms with van der Waals surface area (Å²) in [4.78, 5) is 6.97. The molecule has 2 heterocycles. The number of sulfone groups is 1. The summed E-state index contributed by atoms with van der Waals surface area (Å²) >= 11 is 0. The van der Waals surface area contributed by atoms with Crippen LogP contribution in [0.5, 0.6) is 5.75 Å². The third-order valence-corrected chi connectivity index (χ3v) is 6.72. The number of pyridine rings is 1. The molecule has 6 nitrogen and oxygen atoms in total. The van der Waals surface area contributed by atoms with Crippen molar-refractivity contribution in [2.24, 2.45) is 0 Å². The zero-order chi connectivity index (χ0) is 19.7. The number of hydrogen-bond acceptors (Lipinski definition) is 6. The maximum Gasteiger partial charge on any atom is 0.210 e. The molecule has 1 aliphatic heterocycles. The summed E-state index contributed by atoms with van der Waals surface area (Å²) in [5.41, 5.74) is 2.54. The SMILES string of the molecule is COc1ccc(S(=O)(=O)c2cnc3ccc(C)cc3c2N2CCOCC2)cc1. The van der Waals surface area contributed by atoms with Gasteiger partial charge in [0, 0.05) is 24.7 Å². The van der Waals surface area contributed by atoms with Crippen LogP contribution in [0.2, 0.25) is 0 Å². The second kappa shape index (κ2) is 7.41. The number of rotatable bonds is 4. The van der Waals surface area contributed by atoms with Gasteiger partial charge in [0.05, 0.1) is 36.4 Å². The number of nitrogens with zero attached hydrogens (tertiary/aromatic N) is 2. The Bertz CT molecular complexity index is 1110. The molecule has 28 heavy (non-hydrogen) atoms. The van der Waals surface area contributed by atoms with Crippen LogP contribution < -0.4 is 9.64 Å². The molecule has 4 rings (SSSR count). The van der Waals surface area contributed by atoms with Crippen LogP contribution in [0, 0.1) is 6.92 Å². The number of hydrogen-bond donors (Lipinski definition) is 0. The maximum absolute atomic E-state index is 13.5. The van der Waals surface area contributed by atoms with Crippen molar-refractivity contribution in [1.29, 1.82) is 0 Å². The molecular formula is C21H22N2O4S. The lowest BCUT2D eigenvalue weighted by molar-refractivity contribution is 0.122. The second-order valence-electron chi connectivity index (χ2n) is 6.77. The number of morpholine rings is 1. The van der Waals surface area contributed by atoms with Crippen molar-refractivity contribution in [3.8, 4) is 5.75 Å². The molecule has 1 aliphatic rings. The summed E-state index contributed by atoms with van der Waals surface area (Å²) in [5, 5.41) is 0.844. The first kappa shape index (κ1) is 18.7. The highest BCUT2D eigenvalue weighted by Gasteiger charge is 2.27. The normalized spacial score (nSPS) is 15.0. The van der Waals surface area contributed by atoms with Crippen molar-refractivity contribution in [3.63, 3.8) is 0 Å². The van der Waals surface area contributed by atoms with Crippen LogP contribution in [0.15, 0.2) is 58.5 Å². The Morgan fingerprint density at radius 3 is 2.46 bits per heavy atom. The molecular weight excluding hydrogens is 376 g/mol. The quantitative estimate of drug-likeness (QED) is 0.672. The van der Waals surface area contributed by atoms with Gasteiger partial charge in [0.2, 0.25) is 9.84 Å². The molecule has 3 aromatic rings. The zero-order valence-electron chi connectivity index (χ0n) is 15.9. The van der Waals surface area contributed by atoms with Crippen LogP contribution in [-0.4, -0.2) is 46.8 Å². The maximum atomic E-state index is 13.5. The molecule has 1 aromatic heterocycles. The molecule has 0 aliphatic carbocycles. The third kappa shape index (κ3) is 3.31. The minimum Gasteiger partial charge on any atom is -0.497 e. The van der Waals surface area contributed by atoms with Gasteiger partial charge >= 0.3 is 0 Å². The van der Waals surface area contributed by atoms with E-state index in [1.165, 1.54) is 6.20 Å². The minimum atomic E-state index is -3.75. The average molecular weight is 398 g/mol. The molecule has 1 fully saturated rings. The number of methoxy groups -OCH3 is 1. The van der Waals surface area contributed by atoms with Crippen molar-refractivity contribution < 1.29 is 17.9 Å². The molecule has 0 saturated carbocycles. The summed E-state index contributed by atoms with van der Waals surface area (Å²) in [5.74, 6) is 0.611. The van der Waals surface area contributed by atoms with Crippen LogP contribution in [0.1, 0.15) is 5.56 Å². The predicted molar refractivity (Wildman–Crippen MR) is 108 cm³/mol. The fourth-order valence-corrected chi connectivity index (χ4v) is 4.90. The second-order valence-corrected chi connectivity index (χ2v) is 8.69. The highest BCUT2D eigenvalue weighted by atomic mass is 32.2. The largest absolute Gasteiger partial charge is 0.497 e. The van der Waals surface area contributed by atoms with Crippen LogP contribution in [0.4, 0.5) is 5.69 Å². The standard InChI is InChI=1S/C21H22N2O4S/c1-15-3-8-19-18(13-15)21(23-9-11-27-12-10-23)20(14-22-19)28(24,25)17-6-4-16(26-2)5-7-17/h3-8,13-14H,9-12H2,1-2H3. The number of benzene rings is 2. The lowest BCUT2D eigenvalue weighted by Crippen LogP contribution is -2.37. The van der Waals surface area contributed by atoms with E-state index in [4.69, 9.17) is 9.47 Å².